The average molecular weight is 405 g/mol. The third-order valence-electron chi connectivity index (χ3n) is 4.20. The van der Waals surface area contributed by atoms with E-state index in [1.807, 2.05) is 19.0 Å². The fraction of sp³-hybridized carbons (Fsp3) is 0.278. The molecule has 148 valence electrons. The number of carboxylic acid groups (broad SMARTS) is 1. The lowest BCUT2D eigenvalue weighted by Gasteiger charge is -2.19. The number of carbonyl (C=O) groups is 1. The summed E-state index contributed by atoms with van der Waals surface area (Å²) in [4.78, 5) is 19.1. The summed E-state index contributed by atoms with van der Waals surface area (Å²) in [5.74, 6) is 0.770. The van der Waals surface area contributed by atoms with Crippen molar-refractivity contribution in [2.24, 2.45) is 0 Å². The SMILES string of the molecule is COc1cc(N)ccc1-n1nc(N(CCN(C)C)C(=O)O)c2cnc(Cl)cc21. The molecule has 2 aromatic heterocycles. The van der Waals surface area contributed by atoms with Crippen molar-refractivity contribution < 1.29 is 14.6 Å². The number of likely N-dealkylation sites (N-methyl/N-ethyl adjacent to an activating group) is 1. The van der Waals surface area contributed by atoms with Gasteiger partial charge >= 0.3 is 6.09 Å². The van der Waals surface area contributed by atoms with Gasteiger partial charge in [-0.2, -0.15) is 0 Å². The summed E-state index contributed by atoms with van der Waals surface area (Å²) in [6, 6.07) is 6.78. The first-order valence-electron chi connectivity index (χ1n) is 8.45. The molecule has 0 bridgehead atoms. The molecule has 1 aromatic carbocycles. The second kappa shape index (κ2) is 7.91. The van der Waals surface area contributed by atoms with Crippen LogP contribution in [0.3, 0.4) is 0 Å². The summed E-state index contributed by atoms with van der Waals surface area (Å²) >= 11 is 6.09. The number of hydrogen-bond acceptors (Lipinski definition) is 6. The highest BCUT2D eigenvalue weighted by molar-refractivity contribution is 6.30. The van der Waals surface area contributed by atoms with Crippen molar-refractivity contribution >= 4 is 40.1 Å². The van der Waals surface area contributed by atoms with Crippen LogP contribution in [-0.4, -0.2) is 65.2 Å². The maximum atomic E-state index is 11.9. The number of pyridine rings is 1. The Hall–Kier alpha value is -3.04. The Bertz CT molecular complexity index is 1020. The molecule has 10 heteroatoms. The summed E-state index contributed by atoms with van der Waals surface area (Å²) in [6.07, 6.45) is 0.416. The fourth-order valence-electron chi connectivity index (χ4n) is 2.81. The van der Waals surface area contributed by atoms with Crippen LogP contribution in [0.25, 0.3) is 16.6 Å². The zero-order valence-electron chi connectivity index (χ0n) is 15.8. The quantitative estimate of drug-likeness (QED) is 0.480. The molecule has 0 unspecified atom stereocenters. The van der Waals surface area contributed by atoms with Gasteiger partial charge in [0.15, 0.2) is 5.82 Å². The highest BCUT2D eigenvalue weighted by atomic mass is 35.5. The smallest absolute Gasteiger partial charge is 0.413 e. The van der Waals surface area contributed by atoms with Crippen LogP contribution >= 0.6 is 11.6 Å². The topological polar surface area (TPSA) is 110 Å². The number of ether oxygens (including phenoxy) is 1. The zero-order valence-corrected chi connectivity index (χ0v) is 16.5. The number of nitrogens with zero attached hydrogens (tertiary/aromatic N) is 5. The van der Waals surface area contributed by atoms with E-state index in [1.165, 1.54) is 18.2 Å². The van der Waals surface area contributed by atoms with E-state index in [0.717, 1.165) is 0 Å². The van der Waals surface area contributed by atoms with Gasteiger partial charge in [0, 0.05) is 37.1 Å². The Morgan fingerprint density at radius 1 is 1.32 bits per heavy atom. The van der Waals surface area contributed by atoms with E-state index in [4.69, 9.17) is 22.1 Å². The molecule has 0 aliphatic carbocycles. The van der Waals surface area contributed by atoms with Crippen molar-refractivity contribution in [2.45, 2.75) is 0 Å². The van der Waals surface area contributed by atoms with Gasteiger partial charge in [0.05, 0.1) is 18.0 Å². The lowest BCUT2D eigenvalue weighted by Crippen LogP contribution is -2.36. The van der Waals surface area contributed by atoms with Crippen molar-refractivity contribution in [3.05, 3.63) is 35.6 Å². The third kappa shape index (κ3) is 3.80. The molecule has 0 saturated carbocycles. The molecular weight excluding hydrogens is 384 g/mol. The van der Waals surface area contributed by atoms with Crippen molar-refractivity contribution in [1.29, 1.82) is 0 Å². The molecule has 28 heavy (non-hydrogen) atoms. The van der Waals surface area contributed by atoms with Crippen molar-refractivity contribution in [3.8, 4) is 11.4 Å². The van der Waals surface area contributed by atoms with E-state index in [1.54, 1.807) is 28.9 Å². The maximum absolute atomic E-state index is 11.9. The Labute approximate surface area is 166 Å². The molecule has 0 aliphatic heterocycles. The molecule has 3 aromatic rings. The van der Waals surface area contributed by atoms with Gasteiger partial charge < -0.3 is 20.5 Å². The van der Waals surface area contributed by atoms with Crippen molar-refractivity contribution in [2.75, 3.05) is 44.9 Å². The minimum absolute atomic E-state index is 0.246. The minimum Gasteiger partial charge on any atom is -0.494 e. The van der Waals surface area contributed by atoms with Crippen LogP contribution in [0.4, 0.5) is 16.3 Å². The number of methoxy groups -OCH3 is 1. The van der Waals surface area contributed by atoms with Crippen LogP contribution in [0.2, 0.25) is 5.15 Å². The molecule has 0 radical (unpaired) electrons. The monoisotopic (exact) mass is 404 g/mol. The van der Waals surface area contributed by atoms with Gasteiger partial charge in [-0.25, -0.2) is 14.5 Å². The number of rotatable bonds is 6. The van der Waals surface area contributed by atoms with Gasteiger partial charge in [0.1, 0.15) is 16.6 Å². The Kier molecular flexibility index (Phi) is 5.57. The standard InChI is InChI=1S/C18H21ClN6O3/c1-23(2)6-7-24(18(26)27)17-12-10-21-16(19)9-14(12)25(22-17)13-5-4-11(20)8-15(13)28-3/h4-5,8-10H,6-7,20H2,1-3H3,(H,26,27). The molecule has 0 spiro atoms. The maximum Gasteiger partial charge on any atom is 0.413 e. The number of nitrogens with two attached hydrogens (primary N) is 1. The predicted octanol–water partition coefficient (Wildman–Crippen LogP) is 2.71. The average Bonchev–Trinajstić information content (AvgIpc) is 2.99. The van der Waals surface area contributed by atoms with Gasteiger partial charge in [-0.3, -0.25) is 4.90 Å². The van der Waals surface area contributed by atoms with Crippen LogP contribution in [0.1, 0.15) is 0 Å². The fourth-order valence-corrected chi connectivity index (χ4v) is 2.97. The van der Waals surface area contributed by atoms with E-state index < -0.39 is 6.09 Å². The highest BCUT2D eigenvalue weighted by Gasteiger charge is 2.24. The number of fused-ring (bicyclic) bond motifs is 1. The summed E-state index contributed by atoms with van der Waals surface area (Å²) in [5.41, 5.74) is 7.60. The molecule has 3 rings (SSSR count). The lowest BCUT2D eigenvalue weighted by molar-refractivity contribution is 0.201. The van der Waals surface area contributed by atoms with Gasteiger partial charge in [-0.15, -0.1) is 5.10 Å². The predicted molar refractivity (Wildman–Crippen MR) is 109 cm³/mol. The summed E-state index contributed by atoms with van der Waals surface area (Å²) < 4.78 is 7.02. The number of halogens is 1. The second-order valence-electron chi connectivity index (χ2n) is 6.43. The zero-order chi connectivity index (χ0) is 20.4. The second-order valence-corrected chi connectivity index (χ2v) is 6.82. The number of nitrogen functional groups attached to an aromatic ring is 1. The van der Waals surface area contributed by atoms with Crippen molar-refractivity contribution in [3.63, 3.8) is 0 Å². The summed E-state index contributed by atoms with van der Waals surface area (Å²) in [7, 11) is 5.27. The first kappa shape index (κ1) is 19.7. The van der Waals surface area contributed by atoms with Crippen LogP contribution < -0.4 is 15.4 Å². The molecule has 0 atom stereocenters. The van der Waals surface area contributed by atoms with Crippen LogP contribution in [0.15, 0.2) is 30.5 Å². The number of aromatic nitrogens is 3. The van der Waals surface area contributed by atoms with E-state index in [9.17, 15) is 9.90 Å². The molecule has 2 heterocycles. The van der Waals surface area contributed by atoms with Crippen LogP contribution in [-0.2, 0) is 0 Å². The first-order valence-corrected chi connectivity index (χ1v) is 8.83. The molecule has 3 N–H and O–H groups in total. The normalized spacial score (nSPS) is 11.2. The third-order valence-corrected chi connectivity index (χ3v) is 4.41. The van der Waals surface area contributed by atoms with E-state index >= 15 is 0 Å². The van der Waals surface area contributed by atoms with Gasteiger partial charge in [0.2, 0.25) is 0 Å². The number of amides is 1. The molecule has 0 aliphatic rings. The van der Waals surface area contributed by atoms with E-state index in [0.29, 0.717) is 34.6 Å². The minimum atomic E-state index is -1.10. The largest absolute Gasteiger partial charge is 0.494 e. The van der Waals surface area contributed by atoms with Crippen molar-refractivity contribution in [1.82, 2.24) is 19.7 Å². The number of benzene rings is 1. The first-order chi connectivity index (χ1) is 13.3. The molecule has 0 fully saturated rings. The van der Waals surface area contributed by atoms with E-state index in [2.05, 4.69) is 10.1 Å². The lowest BCUT2D eigenvalue weighted by atomic mass is 10.2. The van der Waals surface area contributed by atoms with E-state index in [-0.39, 0.29) is 17.5 Å². The van der Waals surface area contributed by atoms with Gasteiger partial charge in [-0.1, -0.05) is 11.6 Å². The number of hydrogen-bond donors (Lipinski definition) is 2. The summed E-state index contributed by atoms with van der Waals surface area (Å²) in [6.45, 7) is 0.781. The Morgan fingerprint density at radius 2 is 2.07 bits per heavy atom. The van der Waals surface area contributed by atoms with Crippen LogP contribution in [0, 0.1) is 0 Å². The van der Waals surface area contributed by atoms with Gasteiger partial charge in [-0.05, 0) is 26.2 Å². The Morgan fingerprint density at radius 3 is 2.71 bits per heavy atom. The Balaban J connectivity index is 2.23. The molecule has 0 saturated heterocycles. The number of anilines is 2. The molecule has 9 nitrogen and oxygen atoms in total. The highest BCUT2D eigenvalue weighted by Crippen LogP contribution is 2.33. The molecular formula is C18H21ClN6O3. The summed E-state index contributed by atoms with van der Waals surface area (Å²) in [5, 5.41) is 15.1. The molecule has 1 amide bonds. The van der Waals surface area contributed by atoms with Crippen LogP contribution in [0.5, 0.6) is 5.75 Å². The van der Waals surface area contributed by atoms with Gasteiger partial charge in [0.25, 0.3) is 0 Å².